The maximum atomic E-state index is 12.7. The summed E-state index contributed by atoms with van der Waals surface area (Å²) < 4.78 is 59.1. The summed E-state index contributed by atoms with van der Waals surface area (Å²) in [6, 6.07) is 6.64. The van der Waals surface area contributed by atoms with Crippen LogP contribution >= 0.6 is 10.7 Å². The highest BCUT2D eigenvalue weighted by Gasteiger charge is 2.30. The minimum atomic E-state index is -4.03. The maximum absolute atomic E-state index is 12.7. The van der Waals surface area contributed by atoms with Crippen LogP contribution in [0.5, 0.6) is 0 Å². The van der Waals surface area contributed by atoms with Gasteiger partial charge in [-0.3, -0.25) is 0 Å². The van der Waals surface area contributed by atoms with Gasteiger partial charge in [0.15, 0.2) is 0 Å². The Morgan fingerprint density at radius 3 is 1.74 bits per heavy atom. The molecular formula is C48H75ClN12O5S2Si. The number of aromatic nitrogens is 6. The van der Waals surface area contributed by atoms with E-state index in [1.165, 1.54) is 94.3 Å². The van der Waals surface area contributed by atoms with Crippen molar-refractivity contribution in [1.29, 1.82) is 0 Å². The molecule has 0 bridgehead atoms. The van der Waals surface area contributed by atoms with Gasteiger partial charge in [0.1, 0.15) is 6.73 Å². The fourth-order valence-electron chi connectivity index (χ4n) is 10.8. The number of aryl methyl sites for hydroxylation is 4. The van der Waals surface area contributed by atoms with E-state index in [9.17, 15) is 16.8 Å². The minimum absolute atomic E-state index is 0.128. The van der Waals surface area contributed by atoms with Crippen LogP contribution in [-0.4, -0.2) is 124 Å². The van der Waals surface area contributed by atoms with Crippen LogP contribution in [0.2, 0.25) is 25.7 Å². The number of benzene rings is 2. The van der Waals surface area contributed by atoms with Gasteiger partial charge in [-0.1, -0.05) is 44.6 Å². The summed E-state index contributed by atoms with van der Waals surface area (Å²) in [7, 11) is 0.759. The van der Waals surface area contributed by atoms with Gasteiger partial charge in [-0.05, 0) is 180 Å². The second-order valence-corrected chi connectivity index (χ2v) is 30.8. The van der Waals surface area contributed by atoms with Crippen LogP contribution < -0.4 is 21.1 Å². The fourth-order valence-corrected chi connectivity index (χ4v) is 13.1. The smallest absolute Gasteiger partial charge is 0.298 e. The van der Waals surface area contributed by atoms with Gasteiger partial charge in [0, 0.05) is 61.9 Å². The van der Waals surface area contributed by atoms with Crippen LogP contribution in [0.3, 0.4) is 0 Å². The van der Waals surface area contributed by atoms with Crippen LogP contribution in [0.15, 0.2) is 22.4 Å². The second-order valence-electron chi connectivity index (χ2n) is 21.0. The van der Waals surface area contributed by atoms with E-state index in [4.69, 9.17) is 21.2 Å². The lowest BCUT2D eigenvalue weighted by atomic mass is 9.99. The van der Waals surface area contributed by atoms with Gasteiger partial charge >= 0.3 is 0 Å². The number of halogens is 1. The average molecular weight is 1030 g/mol. The van der Waals surface area contributed by atoms with Crippen molar-refractivity contribution in [3.8, 4) is 0 Å². The summed E-state index contributed by atoms with van der Waals surface area (Å²) >= 11 is 0. The molecule has 69 heavy (non-hydrogen) atoms. The van der Waals surface area contributed by atoms with Gasteiger partial charge in [-0.15, -0.1) is 10.2 Å². The quantitative estimate of drug-likeness (QED) is 0.0462. The molecule has 0 saturated carbocycles. The van der Waals surface area contributed by atoms with Crippen molar-refractivity contribution >= 4 is 61.1 Å². The van der Waals surface area contributed by atoms with Crippen LogP contribution in [-0.2, 0) is 81.9 Å². The molecule has 2 saturated heterocycles. The molecule has 0 radical (unpaired) electrons. The average Bonchev–Trinajstić information content (AvgIpc) is 4.17. The van der Waals surface area contributed by atoms with Crippen molar-refractivity contribution in [2.45, 2.75) is 170 Å². The Balaban J connectivity index is 0.000000158. The Kier molecular flexibility index (Phi) is 16.9. The predicted octanol–water partition coefficient (Wildman–Crippen LogP) is 6.96. The van der Waals surface area contributed by atoms with E-state index in [0.717, 1.165) is 108 Å². The highest BCUT2D eigenvalue weighted by Crippen LogP contribution is 2.41. The first-order chi connectivity index (χ1) is 33.0. The third-order valence-corrected chi connectivity index (χ3v) is 18.8. The van der Waals surface area contributed by atoms with E-state index in [1.54, 1.807) is 0 Å². The number of rotatable bonds is 15. The number of hydrogen-bond acceptors (Lipinski definition) is 14. The number of nitrogens with one attached hydrogen (secondary N) is 4. The van der Waals surface area contributed by atoms with Crippen molar-refractivity contribution in [3.05, 3.63) is 56.6 Å². The first-order valence-electron chi connectivity index (χ1n) is 25.3. The molecule has 0 amide bonds. The molecule has 21 heteroatoms. The van der Waals surface area contributed by atoms with Crippen molar-refractivity contribution in [3.63, 3.8) is 0 Å². The predicted molar refractivity (Wildman–Crippen MR) is 276 cm³/mol. The standard InChI is InChI=1S/C21H30N6O2S.C20H29ClN4O3SSi.C7H16N2/c1-27-11-3-2-8-16(27)13-22-30(28,29)21-24-20(25-26-21)23-19-17-9-4-6-14(17)12-15-7-5-10-18(15)19;1-30(2,3)11-10-28-13-25-19(23-20(24-25)29(21,26)27)22-18-16-8-4-6-14(16)12-15-7-5-9-17(15)18;1-9-5-3-2-4-7(9)6-8/h12,16,22H,2-11,13H2,1H3,(H2,23,24,25,26);12H,4-11,13H2,1-3H3,(H,22,23,24);7H,2-6,8H2,1H3. The van der Waals surface area contributed by atoms with Gasteiger partial charge in [0.25, 0.3) is 29.4 Å². The van der Waals surface area contributed by atoms with Gasteiger partial charge in [-0.2, -0.15) is 9.97 Å². The number of nitrogens with two attached hydrogens (primary N) is 1. The highest BCUT2D eigenvalue weighted by molar-refractivity contribution is 8.13. The fraction of sp³-hybridized carbons (Fsp3) is 0.667. The Morgan fingerprint density at radius 2 is 1.26 bits per heavy atom. The van der Waals surface area contributed by atoms with Crippen LogP contribution in [0.1, 0.15) is 109 Å². The molecule has 6 aliphatic rings. The molecule has 4 heterocycles. The lowest BCUT2D eigenvalue weighted by molar-refractivity contribution is 0.0792. The molecule has 2 aromatic heterocycles. The number of ether oxygens (including phenoxy) is 1. The number of piperidine rings is 2. The number of hydrogen-bond donors (Lipinski definition) is 5. The molecule has 0 spiro atoms. The van der Waals surface area contributed by atoms with E-state index < -0.39 is 32.3 Å². The van der Waals surface area contributed by atoms with Crippen LogP contribution in [0.25, 0.3) is 0 Å². The summed E-state index contributed by atoms with van der Waals surface area (Å²) in [5, 5.41) is 17.1. The van der Waals surface area contributed by atoms with E-state index >= 15 is 0 Å². The van der Waals surface area contributed by atoms with Gasteiger partial charge in [0.05, 0.1) is 0 Å². The first-order valence-corrected chi connectivity index (χ1v) is 32.8. The number of sulfonamides is 1. The topological polar surface area (TPSA) is 218 Å². The lowest BCUT2D eigenvalue weighted by Gasteiger charge is -2.32. The third-order valence-electron chi connectivity index (χ3n) is 14.8. The Hall–Kier alpha value is -3.47. The second kappa shape index (κ2) is 22.5. The lowest BCUT2D eigenvalue weighted by Crippen LogP contribution is -2.44. The molecule has 17 nitrogen and oxygen atoms in total. The van der Waals surface area contributed by atoms with Crippen LogP contribution in [0.4, 0.5) is 23.3 Å². The monoisotopic (exact) mass is 1030 g/mol. The number of nitrogens with zero attached hydrogens (tertiary/aromatic N) is 7. The van der Waals surface area contributed by atoms with Crippen molar-refractivity contribution in [2.24, 2.45) is 5.73 Å². The number of likely N-dealkylation sites (tertiary alicyclic amines) is 2. The van der Waals surface area contributed by atoms with Gasteiger partial charge in [0.2, 0.25) is 11.9 Å². The molecule has 4 aromatic rings. The number of anilines is 4. The Morgan fingerprint density at radius 1 is 0.739 bits per heavy atom. The molecule has 2 unspecified atom stereocenters. The zero-order valence-corrected chi connectivity index (χ0v) is 44.8. The van der Waals surface area contributed by atoms with E-state index in [1.807, 2.05) is 7.05 Å². The van der Waals surface area contributed by atoms with Gasteiger partial charge < -0.3 is 30.9 Å². The zero-order chi connectivity index (χ0) is 48.9. The molecule has 2 fully saturated rings. The summed E-state index contributed by atoms with van der Waals surface area (Å²) in [6.45, 7) is 11.1. The maximum Gasteiger partial charge on any atom is 0.298 e. The first kappa shape index (κ1) is 51.9. The summed E-state index contributed by atoms with van der Waals surface area (Å²) in [5.74, 6) is 0.677. The zero-order valence-electron chi connectivity index (χ0n) is 41.4. The van der Waals surface area contributed by atoms with Crippen molar-refractivity contribution in [2.75, 3.05) is 57.5 Å². The number of H-pyrrole nitrogens is 1. The molecule has 2 aromatic carbocycles. The van der Waals surface area contributed by atoms with Crippen molar-refractivity contribution < 1.29 is 21.6 Å². The van der Waals surface area contributed by atoms with Gasteiger partial charge in [-0.25, -0.2) is 31.3 Å². The molecule has 380 valence electrons. The number of likely N-dealkylation sites (N-methyl/N-ethyl adjacent to an activating group) is 2. The largest absolute Gasteiger partial charge is 0.359 e. The molecule has 10 rings (SSSR count). The molecule has 4 aliphatic carbocycles. The summed E-state index contributed by atoms with van der Waals surface area (Å²) in [4.78, 5) is 13.1. The molecular weight excluding hydrogens is 952 g/mol. The highest BCUT2D eigenvalue weighted by atomic mass is 35.7. The molecule has 2 atom stereocenters. The van der Waals surface area contributed by atoms with E-state index in [2.05, 4.69) is 89.2 Å². The van der Waals surface area contributed by atoms with E-state index in [0.29, 0.717) is 31.1 Å². The van der Waals surface area contributed by atoms with Crippen LogP contribution in [0, 0.1) is 0 Å². The molecule has 2 aliphatic heterocycles. The summed E-state index contributed by atoms with van der Waals surface area (Å²) in [5.41, 5.74) is 18.7. The Labute approximate surface area is 415 Å². The number of aromatic amines is 1. The van der Waals surface area contributed by atoms with Crippen molar-refractivity contribution in [1.82, 2.24) is 44.5 Å². The SMILES string of the molecule is CN1CCCCC1CN.CN1CCCCC1CNS(=O)(=O)c1nc(Nc2c3c(cc4c2CCC4)CCC3)n[nH]1.C[Si](C)(C)CCOCn1nc(S(=O)(=O)Cl)nc1Nc1c2c(cc3c1CCC3)CCC2. The number of fused-ring (bicyclic) bond motifs is 4. The summed E-state index contributed by atoms with van der Waals surface area (Å²) in [6.07, 6.45) is 20.5. The Bertz CT molecular complexity index is 2590. The third kappa shape index (κ3) is 13.0. The minimum Gasteiger partial charge on any atom is -0.359 e. The normalized spacial score (nSPS) is 20.3. The van der Waals surface area contributed by atoms with E-state index in [-0.39, 0.29) is 17.9 Å². The molecule has 6 N–H and O–H groups in total.